The number of carbonyl (C=O) groups excluding carboxylic acids is 1. The number of carbonyl (C=O) groups is 1. The van der Waals surface area contributed by atoms with Crippen LogP contribution in [0.25, 0.3) is 0 Å². The Morgan fingerprint density at radius 3 is 2.17 bits per heavy atom. The molecule has 5 rings (SSSR count). The van der Waals surface area contributed by atoms with Gasteiger partial charge in [0, 0.05) is 6.42 Å². The fourth-order valence-corrected chi connectivity index (χ4v) is 12.3. The lowest BCUT2D eigenvalue weighted by Crippen LogP contribution is -2.49. The van der Waals surface area contributed by atoms with Crippen LogP contribution in [0.3, 0.4) is 0 Å². The van der Waals surface area contributed by atoms with E-state index in [1.165, 1.54) is 67.2 Å². The predicted molar refractivity (Wildman–Crippen MR) is 236 cm³/mol. The van der Waals surface area contributed by atoms with Crippen molar-refractivity contribution in [1.82, 2.24) is 0 Å². The van der Waals surface area contributed by atoms with Gasteiger partial charge in [0.1, 0.15) is 0 Å². The third-order valence-corrected chi connectivity index (χ3v) is 24.5. The number of hydrogen-bond donors (Lipinski definition) is 0. The molecule has 6 atom stereocenters. The number of fused-ring (bicyclic) bond motifs is 1. The van der Waals surface area contributed by atoms with Gasteiger partial charge in [0.05, 0.1) is 17.6 Å². The molecule has 0 aliphatic heterocycles. The highest BCUT2D eigenvalue weighted by atomic mass is 28.4. The van der Waals surface area contributed by atoms with Crippen LogP contribution < -0.4 is 0 Å². The van der Waals surface area contributed by atoms with Crippen molar-refractivity contribution < 1.29 is 13.6 Å². The summed E-state index contributed by atoms with van der Waals surface area (Å²) < 4.78 is 14.2. The molecule has 4 saturated carbocycles. The Bertz CT molecular complexity index is 1590. The van der Waals surface area contributed by atoms with E-state index in [2.05, 4.69) is 131 Å². The van der Waals surface area contributed by atoms with Crippen LogP contribution >= 0.6 is 0 Å². The minimum atomic E-state index is -2.01. The molecule has 4 fully saturated rings. The van der Waals surface area contributed by atoms with E-state index in [0.717, 1.165) is 32.1 Å². The summed E-state index contributed by atoms with van der Waals surface area (Å²) in [7, 11) is -3.97. The van der Waals surface area contributed by atoms with Crippen LogP contribution in [-0.4, -0.2) is 34.6 Å². The summed E-state index contributed by atoms with van der Waals surface area (Å²) in [6.45, 7) is 35.4. The van der Waals surface area contributed by atoms with Gasteiger partial charge in [0.25, 0.3) is 0 Å². The molecule has 54 heavy (non-hydrogen) atoms. The van der Waals surface area contributed by atoms with Gasteiger partial charge in [-0.05, 0) is 152 Å². The lowest BCUT2D eigenvalue weighted by molar-refractivity contribution is -0.116. The zero-order valence-corrected chi connectivity index (χ0v) is 38.9. The van der Waals surface area contributed by atoms with Gasteiger partial charge in [-0.3, -0.25) is 4.79 Å². The Morgan fingerprint density at radius 1 is 0.944 bits per heavy atom. The van der Waals surface area contributed by atoms with Crippen molar-refractivity contribution >= 4 is 22.4 Å². The third kappa shape index (κ3) is 9.16. The van der Waals surface area contributed by atoms with Crippen molar-refractivity contribution in [3.05, 3.63) is 83.0 Å². The normalized spacial score (nSPS) is 29.9. The van der Waals surface area contributed by atoms with E-state index in [-0.39, 0.29) is 33.1 Å². The highest BCUT2D eigenvalue weighted by Crippen LogP contribution is 2.60. The lowest BCUT2D eigenvalue weighted by Gasteiger charge is -2.45. The molecular weight excluding hydrogens is 693 g/mol. The van der Waals surface area contributed by atoms with Crippen molar-refractivity contribution in [2.24, 2.45) is 23.2 Å². The molecule has 0 spiro atoms. The van der Waals surface area contributed by atoms with E-state index in [4.69, 9.17) is 15.4 Å². The quantitative estimate of drug-likeness (QED) is 0.148. The number of unbranched alkanes of at least 4 members (excludes halogenated alkanes) is 1. The Kier molecular flexibility index (Phi) is 13.0. The monoisotopic (exact) mass is 771 g/mol. The topological polar surface area (TPSA) is 35.5 Å². The van der Waals surface area contributed by atoms with Crippen LogP contribution in [0.2, 0.25) is 36.3 Å². The first-order valence-electron chi connectivity index (χ1n) is 21.8. The average molecular weight is 771 g/mol. The van der Waals surface area contributed by atoms with Gasteiger partial charge < -0.3 is 8.85 Å². The smallest absolute Gasteiger partial charge is 0.192 e. The molecule has 5 heteroatoms. The van der Waals surface area contributed by atoms with Crippen LogP contribution in [0.1, 0.15) is 144 Å². The standard InChI is InChI=1S/C49H78O3Si2/c1-15-16-18-37-21-25-40(26-22-37)49(31-32-49)45(50)29-20-35(2)42-27-28-43-38(19-17-30-48(42,43)10)23-24-39-33-41(51-53(11,12)46(4,5)6)34-44(36(39)3)52-54(13,14)47(7,8)9/h20-26,29,35,41-44H,3,15-19,27-28,30-34H2,1-2,4-14H3/t35-,41-,42-,43+,44+,48-/m1/s1. The highest BCUT2D eigenvalue weighted by Gasteiger charge is 2.52. The minimum absolute atomic E-state index is 0.00169. The molecular formula is C49H78O3Si2. The molecule has 1 aromatic carbocycles. The maximum atomic E-state index is 13.8. The summed E-state index contributed by atoms with van der Waals surface area (Å²) in [5, 5.41) is 0.296. The van der Waals surface area contributed by atoms with Gasteiger partial charge in [-0.25, -0.2) is 0 Å². The fraction of sp³-hybridized carbons (Fsp3) is 0.694. The zero-order valence-electron chi connectivity index (χ0n) is 36.9. The van der Waals surface area contributed by atoms with Crippen LogP contribution in [-0.2, 0) is 25.5 Å². The second-order valence-electron chi connectivity index (χ2n) is 21.3. The first-order chi connectivity index (χ1) is 25.0. The lowest BCUT2D eigenvalue weighted by atomic mass is 9.61. The Morgan fingerprint density at radius 2 is 1.57 bits per heavy atom. The average Bonchev–Trinajstić information content (AvgIpc) is 3.81. The summed E-state index contributed by atoms with van der Waals surface area (Å²) in [5.41, 5.74) is 6.67. The summed E-state index contributed by atoms with van der Waals surface area (Å²) in [4.78, 5) is 13.8. The summed E-state index contributed by atoms with van der Waals surface area (Å²) in [6.07, 6.45) is 22.8. The van der Waals surface area contributed by atoms with Crippen LogP contribution in [0.15, 0.2) is 71.9 Å². The molecule has 3 nitrogen and oxygen atoms in total. The zero-order chi connectivity index (χ0) is 39.9. The number of allylic oxidation sites excluding steroid dienone is 5. The summed E-state index contributed by atoms with van der Waals surface area (Å²) in [5.74, 6) is 1.88. The van der Waals surface area contributed by atoms with E-state index in [9.17, 15) is 4.79 Å². The Balaban J connectivity index is 1.32. The molecule has 1 aromatic rings. The van der Waals surface area contributed by atoms with E-state index < -0.39 is 16.6 Å². The first-order valence-corrected chi connectivity index (χ1v) is 27.6. The van der Waals surface area contributed by atoms with Gasteiger partial charge in [0.15, 0.2) is 22.4 Å². The predicted octanol–water partition coefficient (Wildman–Crippen LogP) is 14.0. The minimum Gasteiger partial charge on any atom is -0.413 e. The van der Waals surface area contributed by atoms with Crippen molar-refractivity contribution in [1.29, 1.82) is 0 Å². The first kappa shape index (κ1) is 43.3. The van der Waals surface area contributed by atoms with E-state index >= 15 is 0 Å². The van der Waals surface area contributed by atoms with E-state index in [0.29, 0.717) is 23.5 Å². The molecule has 300 valence electrons. The number of aryl methyl sites for hydroxylation is 1. The largest absolute Gasteiger partial charge is 0.413 e. The van der Waals surface area contributed by atoms with Crippen LogP contribution in [0.5, 0.6) is 0 Å². The summed E-state index contributed by atoms with van der Waals surface area (Å²) >= 11 is 0. The molecule has 4 aliphatic rings. The van der Waals surface area contributed by atoms with Crippen LogP contribution in [0.4, 0.5) is 0 Å². The number of benzene rings is 1. The van der Waals surface area contributed by atoms with Crippen molar-refractivity contribution in [2.75, 3.05) is 0 Å². The van der Waals surface area contributed by atoms with Crippen LogP contribution in [0, 0.1) is 23.2 Å². The maximum absolute atomic E-state index is 13.8. The van der Waals surface area contributed by atoms with Crippen molar-refractivity contribution in [3.8, 4) is 0 Å². The van der Waals surface area contributed by atoms with Gasteiger partial charge in [-0.15, -0.1) is 0 Å². The number of hydrogen-bond acceptors (Lipinski definition) is 3. The Labute approximate surface area is 334 Å². The van der Waals surface area contributed by atoms with Crippen molar-refractivity contribution in [2.45, 2.75) is 193 Å². The molecule has 0 aromatic heterocycles. The van der Waals surface area contributed by atoms with Gasteiger partial charge in [0.2, 0.25) is 0 Å². The summed E-state index contributed by atoms with van der Waals surface area (Å²) in [6, 6.07) is 8.96. The molecule has 4 aliphatic carbocycles. The second kappa shape index (κ2) is 16.2. The van der Waals surface area contributed by atoms with E-state index in [1.54, 1.807) is 5.57 Å². The maximum Gasteiger partial charge on any atom is 0.192 e. The second-order valence-corrected chi connectivity index (χ2v) is 30.8. The van der Waals surface area contributed by atoms with E-state index in [1.807, 2.05) is 6.08 Å². The number of ketones is 1. The van der Waals surface area contributed by atoms with Gasteiger partial charge in [-0.1, -0.05) is 123 Å². The third-order valence-electron chi connectivity index (χ3n) is 15.5. The molecule has 0 saturated heterocycles. The fourth-order valence-electron chi connectivity index (χ4n) is 9.61. The van der Waals surface area contributed by atoms with Gasteiger partial charge >= 0.3 is 0 Å². The van der Waals surface area contributed by atoms with Crippen molar-refractivity contribution in [3.63, 3.8) is 0 Å². The molecule has 0 heterocycles. The molecule has 0 unspecified atom stereocenters. The molecule has 0 radical (unpaired) electrons. The SMILES string of the molecule is C=C1C(=CC=C2CCC[C@]3(C)[C@@H]([C@H](C)C=CC(=O)C4(c5ccc(CCCC)cc5)CC4)CC[C@@H]23)C[C@@H](O[Si](C)(C)C(C)(C)C)C[C@@H]1O[Si](C)(C)C(C)(C)C. The molecule has 0 amide bonds. The molecule has 0 bridgehead atoms. The van der Waals surface area contributed by atoms with Gasteiger partial charge in [-0.2, -0.15) is 0 Å². The number of rotatable bonds is 13. The highest BCUT2D eigenvalue weighted by molar-refractivity contribution is 6.74. The molecule has 0 N–H and O–H groups in total. The Hall–Kier alpha value is -1.80.